The number of rotatable bonds is 8. The number of carbonyl (C=O) groups is 1. The smallest absolute Gasteiger partial charge is 0.238 e. The van der Waals surface area contributed by atoms with Crippen LogP contribution < -0.4 is 15.4 Å². The molecule has 21 heavy (non-hydrogen) atoms. The molecule has 0 fully saturated rings. The molecule has 0 radical (unpaired) electrons. The van der Waals surface area contributed by atoms with Crippen LogP contribution in [-0.4, -0.2) is 47.4 Å². The predicted octanol–water partition coefficient (Wildman–Crippen LogP) is 0.886. The number of benzene rings is 1. The highest BCUT2D eigenvalue weighted by Crippen LogP contribution is 2.26. The number of methoxy groups -OCH3 is 1. The molecule has 1 rings (SSSR count). The number of carbonyl (C=O) groups excluding carboxylic acids is 1. The van der Waals surface area contributed by atoms with Gasteiger partial charge in [-0.05, 0) is 18.2 Å². The fraction of sp³-hybridized carbons (Fsp3) is 0.417. The van der Waals surface area contributed by atoms with Crippen molar-refractivity contribution in [1.82, 2.24) is 5.32 Å². The van der Waals surface area contributed by atoms with Crippen molar-refractivity contribution in [1.29, 1.82) is 0 Å². The molecule has 1 amide bonds. The summed E-state index contributed by atoms with van der Waals surface area (Å²) in [5.74, 6) is -0.231. The van der Waals surface area contributed by atoms with E-state index in [4.69, 9.17) is 16.3 Å². The Morgan fingerprint density at radius 3 is 2.67 bits per heavy atom. The van der Waals surface area contributed by atoms with Gasteiger partial charge in [0.05, 0.1) is 30.1 Å². The minimum atomic E-state index is -3.40. The molecule has 9 heteroatoms. The molecule has 0 saturated carbocycles. The Morgan fingerprint density at radius 2 is 2.10 bits per heavy atom. The number of nitrogens with one attached hydrogen (secondary N) is 3. The maximum atomic E-state index is 11.6. The van der Waals surface area contributed by atoms with E-state index in [1.165, 1.54) is 12.1 Å². The number of anilines is 2. The van der Waals surface area contributed by atoms with E-state index < -0.39 is 10.0 Å². The van der Waals surface area contributed by atoms with E-state index in [9.17, 15) is 13.2 Å². The van der Waals surface area contributed by atoms with Gasteiger partial charge in [0.25, 0.3) is 0 Å². The summed E-state index contributed by atoms with van der Waals surface area (Å²) in [5, 5.41) is 5.75. The molecule has 118 valence electrons. The first kappa shape index (κ1) is 17.7. The number of halogens is 1. The van der Waals surface area contributed by atoms with E-state index in [-0.39, 0.29) is 23.2 Å². The van der Waals surface area contributed by atoms with Crippen molar-refractivity contribution in [3.8, 4) is 0 Å². The highest BCUT2D eigenvalue weighted by atomic mass is 35.5. The summed E-state index contributed by atoms with van der Waals surface area (Å²) in [6.45, 7) is 1.23. The van der Waals surface area contributed by atoms with E-state index in [1.807, 2.05) is 0 Å². The van der Waals surface area contributed by atoms with Crippen molar-refractivity contribution >= 4 is 38.9 Å². The summed E-state index contributed by atoms with van der Waals surface area (Å²) < 4.78 is 29.4. The molecule has 0 atom stereocenters. The van der Waals surface area contributed by atoms with Crippen LogP contribution in [0.15, 0.2) is 18.2 Å². The Balaban J connectivity index is 2.57. The molecule has 1 aromatic rings. The Hall–Kier alpha value is -1.35. The minimum Gasteiger partial charge on any atom is -0.383 e. The summed E-state index contributed by atoms with van der Waals surface area (Å²) in [4.78, 5) is 11.6. The van der Waals surface area contributed by atoms with Gasteiger partial charge in [0, 0.05) is 19.3 Å². The van der Waals surface area contributed by atoms with Gasteiger partial charge >= 0.3 is 0 Å². The quantitative estimate of drug-likeness (QED) is 0.613. The van der Waals surface area contributed by atoms with Gasteiger partial charge in [-0.2, -0.15) is 0 Å². The number of sulfonamides is 1. The lowest BCUT2D eigenvalue weighted by atomic mass is 10.3. The summed E-state index contributed by atoms with van der Waals surface area (Å²) in [6, 6.07) is 4.52. The van der Waals surface area contributed by atoms with Gasteiger partial charge < -0.3 is 15.4 Å². The van der Waals surface area contributed by atoms with Gasteiger partial charge in [-0.15, -0.1) is 0 Å². The monoisotopic (exact) mass is 335 g/mol. The van der Waals surface area contributed by atoms with Crippen LogP contribution in [0.2, 0.25) is 5.02 Å². The number of hydrogen-bond donors (Lipinski definition) is 3. The van der Waals surface area contributed by atoms with Crippen LogP contribution in [0.4, 0.5) is 11.4 Å². The molecule has 0 saturated heterocycles. The van der Waals surface area contributed by atoms with Crippen LogP contribution in [0.1, 0.15) is 0 Å². The van der Waals surface area contributed by atoms with E-state index in [0.29, 0.717) is 18.8 Å². The number of amides is 1. The van der Waals surface area contributed by atoms with E-state index in [1.54, 1.807) is 13.2 Å². The third-order valence-electron chi connectivity index (χ3n) is 2.32. The second-order valence-corrected chi connectivity index (χ2v) is 6.44. The Kier molecular flexibility index (Phi) is 6.90. The zero-order valence-electron chi connectivity index (χ0n) is 11.8. The molecule has 7 nitrogen and oxygen atoms in total. The molecular formula is C12H18ClN3O4S. The van der Waals surface area contributed by atoms with Crippen LogP contribution >= 0.6 is 11.6 Å². The molecule has 0 spiro atoms. The summed E-state index contributed by atoms with van der Waals surface area (Å²) >= 11 is 5.95. The lowest BCUT2D eigenvalue weighted by molar-refractivity contribution is -0.115. The number of ether oxygens (including phenoxy) is 1. The SMILES string of the molecule is COCCNCC(=O)Nc1ccc(NS(C)(=O)=O)c(Cl)c1. The van der Waals surface area contributed by atoms with Gasteiger partial charge in [0.1, 0.15) is 0 Å². The first-order valence-corrected chi connectivity index (χ1v) is 8.35. The number of hydrogen-bond acceptors (Lipinski definition) is 5. The highest BCUT2D eigenvalue weighted by molar-refractivity contribution is 7.92. The van der Waals surface area contributed by atoms with Crippen LogP contribution in [0, 0.1) is 0 Å². The fourth-order valence-corrected chi connectivity index (χ4v) is 2.32. The largest absolute Gasteiger partial charge is 0.383 e. The predicted molar refractivity (Wildman–Crippen MR) is 83.3 cm³/mol. The van der Waals surface area contributed by atoms with Crippen molar-refractivity contribution in [2.45, 2.75) is 0 Å². The molecule has 0 aliphatic carbocycles. The normalized spacial score (nSPS) is 11.2. The third-order valence-corrected chi connectivity index (χ3v) is 3.22. The van der Waals surface area contributed by atoms with Gasteiger partial charge in [-0.25, -0.2) is 8.42 Å². The average molecular weight is 336 g/mol. The van der Waals surface area contributed by atoms with Crippen molar-refractivity contribution in [2.24, 2.45) is 0 Å². The Bertz CT molecular complexity index is 592. The van der Waals surface area contributed by atoms with E-state index in [2.05, 4.69) is 15.4 Å². The van der Waals surface area contributed by atoms with Gasteiger partial charge in [-0.1, -0.05) is 11.6 Å². The molecular weight excluding hydrogens is 318 g/mol. The molecule has 0 aromatic heterocycles. The Morgan fingerprint density at radius 1 is 1.38 bits per heavy atom. The molecule has 1 aromatic carbocycles. The minimum absolute atomic E-state index is 0.143. The van der Waals surface area contributed by atoms with E-state index >= 15 is 0 Å². The van der Waals surface area contributed by atoms with Crippen LogP contribution in [0.5, 0.6) is 0 Å². The summed E-state index contributed by atoms with van der Waals surface area (Å²) in [6.07, 6.45) is 1.03. The molecule has 0 bridgehead atoms. The Labute approximate surface area is 129 Å². The molecule has 3 N–H and O–H groups in total. The van der Waals surface area contributed by atoms with Crippen LogP contribution in [0.25, 0.3) is 0 Å². The lowest BCUT2D eigenvalue weighted by Crippen LogP contribution is -2.30. The summed E-state index contributed by atoms with van der Waals surface area (Å²) in [7, 11) is -1.82. The average Bonchev–Trinajstić information content (AvgIpc) is 2.37. The van der Waals surface area contributed by atoms with E-state index in [0.717, 1.165) is 6.26 Å². The standard InChI is InChI=1S/C12H18ClN3O4S/c1-20-6-5-14-8-12(17)15-9-3-4-11(10(13)7-9)16-21(2,18)19/h3-4,7,14,16H,5-6,8H2,1-2H3,(H,15,17). The molecule has 0 heterocycles. The van der Waals surface area contributed by atoms with Gasteiger partial charge in [0.2, 0.25) is 15.9 Å². The maximum absolute atomic E-state index is 11.6. The second-order valence-electron chi connectivity index (χ2n) is 4.29. The van der Waals surface area contributed by atoms with Crippen LogP contribution in [0.3, 0.4) is 0 Å². The third kappa shape index (κ3) is 7.28. The van der Waals surface area contributed by atoms with Crippen molar-refractivity contribution < 1.29 is 17.9 Å². The lowest BCUT2D eigenvalue weighted by Gasteiger charge is -2.10. The zero-order valence-corrected chi connectivity index (χ0v) is 13.3. The maximum Gasteiger partial charge on any atom is 0.238 e. The first-order valence-electron chi connectivity index (χ1n) is 6.08. The van der Waals surface area contributed by atoms with Crippen molar-refractivity contribution in [3.05, 3.63) is 23.2 Å². The molecule has 0 aliphatic rings. The van der Waals surface area contributed by atoms with Crippen molar-refractivity contribution in [3.63, 3.8) is 0 Å². The molecule has 0 unspecified atom stereocenters. The molecule has 0 aliphatic heterocycles. The van der Waals surface area contributed by atoms with Gasteiger partial charge in [0.15, 0.2) is 0 Å². The second kappa shape index (κ2) is 8.18. The van der Waals surface area contributed by atoms with Crippen LogP contribution in [-0.2, 0) is 19.6 Å². The fourth-order valence-electron chi connectivity index (χ4n) is 1.46. The zero-order chi connectivity index (χ0) is 15.9. The topological polar surface area (TPSA) is 96.5 Å². The van der Waals surface area contributed by atoms with Gasteiger partial charge in [-0.3, -0.25) is 9.52 Å². The highest BCUT2D eigenvalue weighted by Gasteiger charge is 2.08. The van der Waals surface area contributed by atoms with Crippen molar-refractivity contribution in [2.75, 3.05) is 43.1 Å². The summed E-state index contributed by atoms with van der Waals surface area (Å²) in [5.41, 5.74) is 0.743. The first-order chi connectivity index (χ1) is 9.81.